The number of hydrogen-bond donors (Lipinski definition) is 2. The molecule has 0 bridgehead atoms. The fourth-order valence-corrected chi connectivity index (χ4v) is 2.30. The van der Waals surface area contributed by atoms with E-state index < -0.39 is 0 Å². The molecule has 3 N–H and O–H groups in total. The lowest BCUT2D eigenvalue weighted by Crippen LogP contribution is -2.04. The highest BCUT2D eigenvalue weighted by atomic mass is 16.5. The van der Waals surface area contributed by atoms with Gasteiger partial charge in [0.15, 0.2) is 0 Å². The van der Waals surface area contributed by atoms with Gasteiger partial charge in [-0.2, -0.15) is 5.10 Å². The minimum Gasteiger partial charge on any atom is -0.497 e. The van der Waals surface area contributed by atoms with Crippen molar-refractivity contribution in [3.05, 3.63) is 23.9 Å². The highest BCUT2D eigenvalue weighted by Gasteiger charge is 2.24. The van der Waals surface area contributed by atoms with E-state index in [4.69, 9.17) is 10.5 Å². The van der Waals surface area contributed by atoms with Crippen molar-refractivity contribution in [2.75, 3.05) is 18.2 Å². The van der Waals surface area contributed by atoms with Gasteiger partial charge in [-0.05, 0) is 17.7 Å². The van der Waals surface area contributed by atoms with Gasteiger partial charge in [-0.15, -0.1) is 0 Å². The molecule has 3 rings (SSSR count). The molecule has 1 aromatic heterocycles. The third-order valence-corrected chi connectivity index (χ3v) is 3.32. The molecule has 0 saturated carbocycles. The number of fused-ring (bicyclic) bond motifs is 1. The van der Waals surface area contributed by atoms with Crippen LogP contribution in [0.2, 0.25) is 0 Å². The van der Waals surface area contributed by atoms with Crippen LogP contribution in [-0.2, 0) is 18.3 Å². The molecule has 0 spiro atoms. The van der Waals surface area contributed by atoms with Gasteiger partial charge in [-0.3, -0.25) is 9.48 Å². The Bertz CT molecular complexity index is 676. The Hall–Kier alpha value is -2.50. The van der Waals surface area contributed by atoms with E-state index in [1.165, 1.54) is 0 Å². The first-order chi connectivity index (χ1) is 9.10. The number of aryl methyl sites for hydroxylation is 1. The number of carbonyl (C=O) groups is 1. The van der Waals surface area contributed by atoms with Gasteiger partial charge in [0.05, 0.1) is 25.4 Å². The van der Waals surface area contributed by atoms with Gasteiger partial charge in [-0.1, -0.05) is 0 Å². The van der Waals surface area contributed by atoms with Crippen LogP contribution >= 0.6 is 0 Å². The van der Waals surface area contributed by atoms with Crippen molar-refractivity contribution in [1.29, 1.82) is 0 Å². The molecule has 1 aliphatic heterocycles. The van der Waals surface area contributed by atoms with Gasteiger partial charge in [0, 0.05) is 18.2 Å². The maximum Gasteiger partial charge on any atom is 0.228 e. The number of nitrogens with two attached hydrogens (primary N) is 1. The number of methoxy groups -OCH3 is 1. The summed E-state index contributed by atoms with van der Waals surface area (Å²) in [5.41, 5.74) is 9.35. The fraction of sp³-hybridized carbons (Fsp3) is 0.231. The SMILES string of the molecule is COc1cc2c(c(-c3cnn(C)c3N)c1)NC(=O)C2. The van der Waals surface area contributed by atoms with Crippen LogP contribution in [0.15, 0.2) is 18.3 Å². The second-order valence-corrected chi connectivity index (χ2v) is 4.50. The summed E-state index contributed by atoms with van der Waals surface area (Å²) in [6.45, 7) is 0. The third-order valence-electron chi connectivity index (χ3n) is 3.32. The monoisotopic (exact) mass is 258 g/mol. The van der Waals surface area contributed by atoms with Crippen LogP contribution in [0.1, 0.15) is 5.56 Å². The Labute approximate surface area is 110 Å². The van der Waals surface area contributed by atoms with Crippen LogP contribution in [0, 0.1) is 0 Å². The van der Waals surface area contributed by atoms with Crippen LogP contribution in [-0.4, -0.2) is 22.8 Å². The molecular formula is C13H14N4O2. The minimum atomic E-state index is -0.0213. The molecule has 1 aliphatic rings. The number of nitrogen functional groups attached to an aromatic ring is 1. The molecule has 0 fully saturated rings. The van der Waals surface area contributed by atoms with E-state index in [-0.39, 0.29) is 5.91 Å². The normalized spacial score (nSPS) is 13.3. The molecule has 1 aromatic carbocycles. The summed E-state index contributed by atoms with van der Waals surface area (Å²) in [5.74, 6) is 1.23. The minimum absolute atomic E-state index is 0.0213. The van der Waals surface area contributed by atoms with E-state index in [0.29, 0.717) is 18.0 Å². The first kappa shape index (κ1) is 11.6. The van der Waals surface area contributed by atoms with Crippen molar-refractivity contribution in [3.8, 4) is 16.9 Å². The van der Waals surface area contributed by atoms with Crippen LogP contribution in [0.4, 0.5) is 11.5 Å². The Morgan fingerprint density at radius 3 is 2.84 bits per heavy atom. The molecule has 6 nitrogen and oxygen atoms in total. The van der Waals surface area contributed by atoms with Crippen molar-refractivity contribution < 1.29 is 9.53 Å². The van der Waals surface area contributed by atoms with Crippen LogP contribution in [0.3, 0.4) is 0 Å². The number of benzene rings is 1. The second-order valence-electron chi connectivity index (χ2n) is 4.50. The molecule has 1 amide bonds. The van der Waals surface area contributed by atoms with E-state index in [0.717, 1.165) is 22.4 Å². The predicted molar refractivity (Wildman–Crippen MR) is 71.9 cm³/mol. The lowest BCUT2D eigenvalue weighted by Gasteiger charge is -2.10. The topological polar surface area (TPSA) is 82.2 Å². The standard InChI is InChI=1S/C13H14N4O2/c1-17-13(14)10(6-15-17)9-5-8(19-2)3-7-4-11(18)16-12(7)9/h3,5-6H,4,14H2,1-2H3,(H,16,18). The average molecular weight is 258 g/mol. The van der Waals surface area contributed by atoms with Crippen LogP contribution < -0.4 is 15.8 Å². The van der Waals surface area contributed by atoms with Crippen molar-refractivity contribution in [2.45, 2.75) is 6.42 Å². The second kappa shape index (κ2) is 4.01. The van der Waals surface area contributed by atoms with Gasteiger partial charge in [0.1, 0.15) is 11.6 Å². The van der Waals surface area contributed by atoms with Crippen LogP contribution in [0.5, 0.6) is 5.75 Å². The van der Waals surface area contributed by atoms with Crippen molar-refractivity contribution in [2.24, 2.45) is 7.05 Å². The van der Waals surface area contributed by atoms with Gasteiger partial charge in [-0.25, -0.2) is 0 Å². The van der Waals surface area contributed by atoms with E-state index in [9.17, 15) is 4.79 Å². The highest BCUT2D eigenvalue weighted by molar-refractivity contribution is 6.05. The number of nitrogens with zero attached hydrogens (tertiary/aromatic N) is 2. The summed E-state index contributed by atoms with van der Waals surface area (Å²) in [5, 5.41) is 7.00. The van der Waals surface area contributed by atoms with E-state index >= 15 is 0 Å². The largest absolute Gasteiger partial charge is 0.497 e. The number of anilines is 2. The lowest BCUT2D eigenvalue weighted by atomic mass is 10.0. The van der Waals surface area contributed by atoms with Crippen molar-refractivity contribution in [1.82, 2.24) is 9.78 Å². The Kier molecular flexibility index (Phi) is 2.45. The zero-order valence-electron chi connectivity index (χ0n) is 10.7. The fourth-order valence-electron chi connectivity index (χ4n) is 2.30. The van der Waals surface area contributed by atoms with Crippen LogP contribution in [0.25, 0.3) is 11.1 Å². The number of carbonyl (C=O) groups excluding carboxylic acids is 1. The summed E-state index contributed by atoms with van der Waals surface area (Å²) in [4.78, 5) is 11.6. The van der Waals surface area contributed by atoms with E-state index in [1.807, 2.05) is 12.1 Å². The Morgan fingerprint density at radius 2 is 2.21 bits per heavy atom. The number of ether oxygens (including phenoxy) is 1. The molecule has 0 atom stereocenters. The first-order valence-corrected chi connectivity index (χ1v) is 5.88. The summed E-state index contributed by atoms with van der Waals surface area (Å²) in [6.07, 6.45) is 2.05. The van der Waals surface area contributed by atoms with Gasteiger partial charge in [0.2, 0.25) is 5.91 Å². The number of hydrogen-bond acceptors (Lipinski definition) is 4. The maximum absolute atomic E-state index is 11.6. The number of amides is 1. The summed E-state index contributed by atoms with van der Waals surface area (Å²) in [7, 11) is 3.38. The van der Waals surface area contributed by atoms with Crippen molar-refractivity contribution in [3.63, 3.8) is 0 Å². The molecular weight excluding hydrogens is 244 g/mol. The number of nitrogens with one attached hydrogen (secondary N) is 1. The number of rotatable bonds is 2. The molecule has 0 unspecified atom stereocenters. The van der Waals surface area contributed by atoms with Gasteiger partial charge in [0.25, 0.3) is 0 Å². The maximum atomic E-state index is 11.6. The average Bonchev–Trinajstić information content (AvgIpc) is 2.92. The quantitative estimate of drug-likeness (QED) is 0.847. The molecule has 0 radical (unpaired) electrons. The zero-order valence-corrected chi connectivity index (χ0v) is 10.7. The molecule has 0 aliphatic carbocycles. The lowest BCUT2D eigenvalue weighted by molar-refractivity contribution is -0.115. The first-order valence-electron chi connectivity index (χ1n) is 5.88. The molecule has 19 heavy (non-hydrogen) atoms. The van der Waals surface area contributed by atoms with Crippen molar-refractivity contribution >= 4 is 17.4 Å². The summed E-state index contributed by atoms with van der Waals surface area (Å²) < 4.78 is 6.87. The molecule has 2 heterocycles. The van der Waals surface area contributed by atoms with E-state index in [2.05, 4.69) is 10.4 Å². The smallest absolute Gasteiger partial charge is 0.228 e. The molecule has 98 valence electrons. The molecule has 6 heteroatoms. The Balaban J connectivity index is 2.23. The molecule has 0 saturated heterocycles. The Morgan fingerprint density at radius 1 is 1.42 bits per heavy atom. The third kappa shape index (κ3) is 1.72. The van der Waals surface area contributed by atoms with Gasteiger partial charge < -0.3 is 15.8 Å². The highest BCUT2D eigenvalue weighted by Crippen LogP contribution is 2.40. The van der Waals surface area contributed by atoms with E-state index in [1.54, 1.807) is 25.0 Å². The molecule has 2 aromatic rings. The summed E-state index contributed by atoms with van der Waals surface area (Å²) >= 11 is 0. The zero-order chi connectivity index (χ0) is 13.6. The predicted octanol–water partition coefficient (Wildman–Crippen LogP) is 1.17. The number of aromatic nitrogens is 2. The van der Waals surface area contributed by atoms with Gasteiger partial charge >= 0.3 is 0 Å². The summed E-state index contributed by atoms with van der Waals surface area (Å²) in [6, 6.07) is 3.72.